The zero-order valence-electron chi connectivity index (χ0n) is 13.0. The molecule has 1 fully saturated rings. The topological polar surface area (TPSA) is 83.8 Å². The van der Waals surface area contributed by atoms with Crippen LogP contribution in [0.5, 0.6) is 0 Å². The third-order valence-electron chi connectivity index (χ3n) is 4.14. The van der Waals surface area contributed by atoms with Crippen LogP contribution in [0.4, 0.5) is 0 Å². The van der Waals surface area contributed by atoms with Crippen molar-refractivity contribution in [3.63, 3.8) is 0 Å². The molecular weight excluding hydrogens is 316 g/mol. The van der Waals surface area contributed by atoms with Crippen molar-refractivity contribution < 1.29 is 13.2 Å². The summed E-state index contributed by atoms with van der Waals surface area (Å²) in [7, 11) is -3.19. The number of rotatable bonds is 4. The quantitative estimate of drug-likeness (QED) is 0.898. The Kier molecular flexibility index (Phi) is 4.36. The summed E-state index contributed by atoms with van der Waals surface area (Å²) < 4.78 is 27.7. The Balaban J connectivity index is 1.64. The SMILES string of the molecule is CCS(=O)(=O)NC1CCN(C(=O)c2ccc3nccn3c2)CC1. The molecule has 1 saturated heterocycles. The van der Waals surface area contributed by atoms with Gasteiger partial charge in [-0.3, -0.25) is 4.79 Å². The van der Waals surface area contributed by atoms with Gasteiger partial charge in [-0.2, -0.15) is 0 Å². The number of nitrogens with zero attached hydrogens (tertiary/aromatic N) is 3. The monoisotopic (exact) mass is 336 g/mol. The van der Waals surface area contributed by atoms with Crippen LogP contribution in [0.1, 0.15) is 30.1 Å². The number of hydrogen-bond acceptors (Lipinski definition) is 4. The number of carbonyl (C=O) groups excluding carboxylic acids is 1. The summed E-state index contributed by atoms with van der Waals surface area (Å²) >= 11 is 0. The second-order valence-corrected chi connectivity index (χ2v) is 7.74. The molecule has 0 aliphatic carbocycles. The molecule has 1 N–H and O–H groups in total. The number of pyridine rings is 1. The van der Waals surface area contributed by atoms with Gasteiger partial charge in [0.1, 0.15) is 5.65 Å². The van der Waals surface area contributed by atoms with Crippen LogP contribution < -0.4 is 4.72 Å². The second-order valence-electron chi connectivity index (χ2n) is 5.70. The first-order valence-corrected chi connectivity index (χ1v) is 9.36. The lowest BCUT2D eigenvalue weighted by molar-refractivity contribution is 0.0711. The smallest absolute Gasteiger partial charge is 0.255 e. The van der Waals surface area contributed by atoms with Crippen LogP contribution in [0.3, 0.4) is 0 Å². The van der Waals surface area contributed by atoms with Gasteiger partial charge in [0.05, 0.1) is 11.3 Å². The Hall–Kier alpha value is -1.93. The van der Waals surface area contributed by atoms with Gasteiger partial charge in [-0.05, 0) is 31.9 Å². The molecule has 2 aromatic rings. The fourth-order valence-corrected chi connectivity index (χ4v) is 3.68. The molecule has 0 atom stereocenters. The summed E-state index contributed by atoms with van der Waals surface area (Å²) in [6, 6.07) is 3.51. The molecule has 124 valence electrons. The van der Waals surface area contributed by atoms with E-state index >= 15 is 0 Å². The highest BCUT2D eigenvalue weighted by Gasteiger charge is 2.26. The molecule has 0 radical (unpaired) electrons. The molecular formula is C15H20N4O3S. The number of sulfonamides is 1. The number of hydrogen-bond donors (Lipinski definition) is 1. The average molecular weight is 336 g/mol. The Morgan fingerprint density at radius 1 is 1.35 bits per heavy atom. The average Bonchev–Trinajstić information content (AvgIpc) is 3.02. The van der Waals surface area contributed by atoms with Crippen molar-refractivity contribution in [3.8, 4) is 0 Å². The minimum atomic E-state index is -3.19. The largest absolute Gasteiger partial charge is 0.338 e. The van der Waals surface area contributed by atoms with Gasteiger partial charge < -0.3 is 9.30 Å². The number of carbonyl (C=O) groups is 1. The number of fused-ring (bicyclic) bond motifs is 1. The van der Waals surface area contributed by atoms with E-state index in [-0.39, 0.29) is 17.7 Å². The van der Waals surface area contributed by atoms with E-state index in [1.807, 2.05) is 10.5 Å². The maximum absolute atomic E-state index is 12.6. The maximum Gasteiger partial charge on any atom is 0.255 e. The Bertz CT molecular complexity index is 807. The van der Waals surface area contributed by atoms with E-state index in [9.17, 15) is 13.2 Å². The van der Waals surface area contributed by atoms with Gasteiger partial charge in [0.15, 0.2) is 0 Å². The van der Waals surface area contributed by atoms with E-state index in [0.29, 0.717) is 31.5 Å². The maximum atomic E-state index is 12.6. The standard InChI is InChI=1S/C15H20N4O3S/c1-2-23(21,22)17-13-5-8-18(9-6-13)15(20)12-3-4-14-16-7-10-19(14)11-12/h3-4,7,10-11,13,17H,2,5-6,8-9H2,1H3. The molecule has 0 unspecified atom stereocenters. The third kappa shape index (κ3) is 3.53. The van der Waals surface area contributed by atoms with E-state index in [1.54, 1.807) is 36.5 Å². The van der Waals surface area contributed by atoms with E-state index < -0.39 is 10.0 Å². The van der Waals surface area contributed by atoms with Crippen LogP contribution in [0.25, 0.3) is 5.65 Å². The summed E-state index contributed by atoms with van der Waals surface area (Å²) in [6.45, 7) is 2.72. The minimum absolute atomic E-state index is 0.0302. The van der Waals surface area contributed by atoms with Crippen molar-refractivity contribution in [2.45, 2.75) is 25.8 Å². The lowest BCUT2D eigenvalue weighted by Crippen LogP contribution is -2.46. The van der Waals surface area contributed by atoms with Crippen LogP contribution in [-0.4, -0.2) is 53.5 Å². The molecule has 8 heteroatoms. The molecule has 0 spiro atoms. The summed E-state index contributed by atoms with van der Waals surface area (Å²) in [4.78, 5) is 18.5. The lowest BCUT2D eigenvalue weighted by atomic mass is 10.1. The van der Waals surface area contributed by atoms with Crippen molar-refractivity contribution in [1.29, 1.82) is 0 Å². The molecule has 7 nitrogen and oxygen atoms in total. The first-order chi connectivity index (χ1) is 11.0. The fraction of sp³-hybridized carbons (Fsp3) is 0.467. The molecule has 3 heterocycles. The zero-order valence-corrected chi connectivity index (χ0v) is 13.8. The van der Waals surface area contributed by atoms with Crippen LogP contribution >= 0.6 is 0 Å². The predicted molar refractivity (Wildman–Crippen MR) is 86.7 cm³/mol. The van der Waals surface area contributed by atoms with Gasteiger partial charge in [0.25, 0.3) is 5.91 Å². The Labute approximate surface area is 135 Å². The van der Waals surface area contributed by atoms with Crippen molar-refractivity contribution in [2.24, 2.45) is 0 Å². The predicted octanol–water partition coefficient (Wildman–Crippen LogP) is 0.878. The van der Waals surface area contributed by atoms with Crippen molar-refractivity contribution in [1.82, 2.24) is 19.0 Å². The van der Waals surface area contributed by atoms with Crippen LogP contribution in [0.15, 0.2) is 30.7 Å². The van der Waals surface area contributed by atoms with Gasteiger partial charge in [0.2, 0.25) is 10.0 Å². The van der Waals surface area contributed by atoms with Crippen molar-refractivity contribution >= 4 is 21.6 Å². The molecule has 0 saturated carbocycles. The molecule has 1 aliphatic heterocycles. The van der Waals surface area contributed by atoms with Gasteiger partial charge >= 0.3 is 0 Å². The Morgan fingerprint density at radius 2 is 2.09 bits per heavy atom. The number of piperidine rings is 1. The molecule has 23 heavy (non-hydrogen) atoms. The van der Waals surface area contributed by atoms with Gasteiger partial charge in [0, 0.05) is 37.7 Å². The minimum Gasteiger partial charge on any atom is -0.338 e. The van der Waals surface area contributed by atoms with Gasteiger partial charge in [-0.25, -0.2) is 18.1 Å². The molecule has 0 aromatic carbocycles. The van der Waals surface area contributed by atoms with E-state index in [4.69, 9.17) is 0 Å². The lowest BCUT2D eigenvalue weighted by Gasteiger charge is -2.32. The summed E-state index contributed by atoms with van der Waals surface area (Å²) in [6.07, 6.45) is 6.54. The number of aromatic nitrogens is 2. The van der Waals surface area contributed by atoms with Crippen molar-refractivity contribution in [2.75, 3.05) is 18.8 Å². The summed E-state index contributed by atoms with van der Waals surface area (Å²) in [5.74, 6) is 0.0502. The highest BCUT2D eigenvalue weighted by atomic mass is 32.2. The second kappa shape index (κ2) is 6.29. The van der Waals surface area contributed by atoms with Crippen LogP contribution in [0, 0.1) is 0 Å². The highest BCUT2D eigenvalue weighted by molar-refractivity contribution is 7.89. The molecule has 3 rings (SSSR count). The van der Waals surface area contributed by atoms with E-state index in [1.165, 1.54) is 0 Å². The molecule has 2 aromatic heterocycles. The van der Waals surface area contributed by atoms with Gasteiger partial charge in [-0.15, -0.1) is 0 Å². The third-order valence-corrected chi connectivity index (χ3v) is 5.60. The zero-order chi connectivity index (χ0) is 16.4. The Morgan fingerprint density at radius 3 is 2.78 bits per heavy atom. The van der Waals surface area contributed by atoms with Crippen LogP contribution in [-0.2, 0) is 10.0 Å². The van der Waals surface area contributed by atoms with E-state index in [0.717, 1.165) is 5.65 Å². The summed E-state index contributed by atoms with van der Waals surface area (Å²) in [5.41, 5.74) is 1.41. The van der Waals surface area contributed by atoms with Crippen LogP contribution in [0.2, 0.25) is 0 Å². The van der Waals surface area contributed by atoms with Crippen molar-refractivity contribution in [3.05, 3.63) is 36.3 Å². The number of imidazole rings is 1. The van der Waals surface area contributed by atoms with Gasteiger partial charge in [-0.1, -0.05) is 0 Å². The summed E-state index contributed by atoms with van der Waals surface area (Å²) in [5, 5.41) is 0. The number of amides is 1. The molecule has 1 amide bonds. The number of nitrogens with one attached hydrogen (secondary N) is 1. The van der Waals surface area contributed by atoms with E-state index in [2.05, 4.69) is 9.71 Å². The number of likely N-dealkylation sites (tertiary alicyclic amines) is 1. The molecule has 0 bridgehead atoms. The highest BCUT2D eigenvalue weighted by Crippen LogP contribution is 2.15. The first kappa shape index (κ1) is 15.9. The normalized spacial score (nSPS) is 16.8. The molecule has 1 aliphatic rings. The fourth-order valence-electron chi connectivity index (χ4n) is 2.77. The first-order valence-electron chi connectivity index (χ1n) is 7.70.